The monoisotopic (exact) mass is 384 g/mol. The van der Waals surface area contributed by atoms with Gasteiger partial charge in [-0.05, 0) is 49.2 Å². The van der Waals surface area contributed by atoms with E-state index < -0.39 is 21.8 Å². The third-order valence-electron chi connectivity index (χ3n) is 4.52. The lowest BCUT2D eigenvalue weighted by molar-refractivity contribution is -0.137. The number of fused-ring (bicyclic) bond motifs is 1. The summed E-state index contributed by atoms with van der Waals surface area (Å²) in [5, 5.41) is 0. The van der Waals surface area contributed by atoms with Crippen LogP contribution in [0.2, 0.25) is 0 Å². The van der Waals surface area contributed by atoms with Gasteiger partial charge in [-0.3, -0.25) is 0 Å². The van der Waals surface area contributed by atoms with Crippen LogP contribution in [0.5, 0.6) is 0 Å². The van der Waals surface area contributed by atoms with E-state index in [1.54, 1.807) is 0 Å². The Bertz CT molecular complexity index is 880. The molecule has 0 saturated carbocycles. The first kappa shape index (κ1) is 18.7. The lowest BCUT2D eigenvalue weighted by Crippen LogP contribution is -2.41. The first-order valence-electron chi connectivity index (χ1n) is 8.20. The molecule has 0 aliphatic carbocycles. The molecule has 1 heterocycles. The van der Waals surface area contributed by atoms with Gasteiger partial charge in [0.1, 0.15) is 0 Å². The summed E-state index contributed by atoms with van der Waals surface area (Å²) in [6, 6.07) is 11.4. The molecule has 0 radical (unpaired) electrons. The quantitative estimate of drug-likeness (QED) is 0.859. The van der Waals surface area contributed by atoms with Crippen molar-refractivity contribution in [3.8, 4) is 0 Å². The maximum absolute atomic E-state index is 12.6. The van der Waals surface area contributed by atoms with E-state index in [0.717, 1.165) is 42.9 Å². The molecule has 1 atom stereocenters. The number of nitrogens with one attached hydrogen (secondary N) is 1. The van der Waals surface area contributed by atoms with Gasteiger partial charge in [0.2, 0.25) is 10.0 Å². The molecule has 0 bridgehead atoms. The third kappa shape index (κ3) is 3.86. The van der Waals surface area contributed by atoms with Crippen molar-refractivity contribution < 1.29 is 21.6 Å². The predicted octanol–water partition coefficient (Wildman–Crippen LogP) is 3.43. The Labute approximate surface area is 150 Å². The lowest BCUT2D eigenvalue weighted by atomic mass is 10.2. The van der Waals surface area contributed by atoms with Gasteiger partial charge in [0, 0.05) is 24.8 Å². The molecule has 0 aromatic heterocycles. The number of nitrogens with zero attached hydrogens (tertiary/aromatic N) is 1. The molecule has 2 aromatic carbocycles. The Kier molecular flexibility index (Phi) is 4.98. The molecule has 0 spiro atoms. The Morgan fingerprint density at radius 3 is 2.42 bits per heavy atom. The zero-order valence-electron chi connectivity index (χ0n) is 14.1. The van der Waals surface area contributed by atoms with Gasteiger partial charge in [-0.2, -0.15) is 13.2 Å². The van der Waals surface area contributed by atoms with Gasteiger partial charge in [0.25, 0.3) is 0 Å². The fourth-order valence-corrected chi connectivity index (χ4v) is 4.19. The largest absolute Gasteiger partial charge is 0.416 e. The summed E-state index contributed by atoms with van der Waals surface area (Å²) in [6.45, 7) is 2.89. The van der Waals surface area contributed by atoms with Crippen LogP contribution in [-0.2, 0) is 22.6 Å². The van der Waals surface area contributed by atoms with Crippen LogP contribution < -0.4 is 9.62 Å². The Balaban J connectivity index is 1.67. The van der Waals surface area contributed by atoms with Gasteiger partial charge in [-0.15, -0.1) is 0 Å². The molecule has 1 N–H and O–H groups in total. The number of sulfonamides is 1. The number of alkyl halides is 3. The average Bonchev–Trinajstić information content (AvgIpc) is 3.03. The Hall–Kier alpha value is -2.06. The standard InChI is InChI=1S/C18H19F3N2O2S/c1-13(23-11-10-14-4-2-3-5-17(14)23)12-22-26(24,25)16-8-6-15(7-9-16)18(19,20)21/h2-9,13,22H,10-12H2,1H3. The summed E-state index contributed by atoms with van der Waals surface area (Å²) in [4.78, 5) is 1.95. The van der Waals surface area contributed by atoms with Crippen molar-refractivity contribution >= 4 is 15.7 Å². The zero-order chi connectivity index (χ0) is 18.9. The summed E-state index contributed by atoms with van der Waals surface area (Å²) in [5.74, 6) is 0. The molecule has 140 valence electrons. The first-order valence-corrected chi connectivity index (χ1v) is 9.68. The molecule has 2 aromatic rings. The molecule has 1 unspecified atom stereocenters. The highest BCUT2D eigenvalue weighted by molar-refractivity contribution is 7.89. The normalized spacial score (nSPS) is 15.8. The summed E-state index contributed by atoms with van der Waals surface area (Å²) in [6.07, 6.45) is -3.58. The number of halogens is 3. The van der Waals surface area contributed by atoms with Crippen LogP contribution in [-0.4, -0.2) is 27.5 Å². The van der Waals surface area contributed by atoms with E-state index >= 15 is 0 Å². The van der Waals surface area contributed by atoms with Gasteiger partial charge < -0.3 is 4.90 Å². The van der Waals surface area contributed by atoms with Gasteiger partial charge in [-0.1, -0.05) is 18.2 Å². The molecule has 1 aliphatic heterocycles. The number of anilines is 1. The average molecular weight is 384 g/mol. The molecule has 1 aliphatic rings. The Morgan fingerprint density at radius 2 is 1.77 bits per heavy atom. The SMILES string of the molecule is CC(CNS(=O)(=O)c1ccc(C(F)(F)F)cc1)N1CCc2ccccc21. The van der Waals surface area contributed by atoms with E-state index in [0.29, 0.717) is 0 Å². The minimum absolute atomic E-state index is 0.0807. The van der Waals surface area contributed by atoms with E-state index in [1.807, 2.05) is 25.1 Å². The fraction of sp³-hybridized carbons (Fsp3) is 0.333. The van der Waals surface area contributed by atoms with Crippen LogP contribution in [0.3, 0.4) is 0 Å². The third-order valence-corrected chi connectivity index (χ3v) is 5.96. The summed E-state index contributed by atoms with van der Waals surface area (Å²) in [7, 11) is -3.87. The second-order valence-electron chi connectivity index (χ2n) is 6.30. The minimum atomic E-state index is -4.49. The molecule has 26 heavy (non-hydrogen) atoms. The molecule has 0 fully saturated rings. The number of rotatable bonds is 5. The molecular formula is C18H19F3N2O2S. The number of hydrogen-bond donors (Lipinski definition) is 1. The molecular weight excluding hydrogens is 365 g/mol. The second kappa shape index (κ2) is 6.92. The molecule has 0 saturated heterocycles. The fourth-order valence-electron chi connectivity index (χ4n) is 3.07. The van der Waals surface area contributed by atoms with Gasteiger partial charge in [0.15, 0.2) is 0 Å². The highest BCUT2D eigenvalue weighted by Crippen LogP contribution is 2.30. The van der Waals surface area contributed by atoms with E-state index in [9.17, 15) is 21.6 Å². The van der Waals surface area contributed by atoms with Crippen LogP contribution in [0.15, 0.2) is 53.4 Å². The van der Waals surface area contributed by atoms with E-state index in [2.05, 4.69) is 15.7 Å². The van der Waals surface area contributed by atoms with Gasteiger partial charge in [0.05, 0.1) is 10.5 Å². The van der Waals surface area contributed by atoms with Gasteiger partial charge >= 0.3 is 6.18 Å². The Morgan fingerprint density at radius 1 is 1.12 bits per heavy atom. The van der Waals surface area contributed by atoms with Crippen molar-refractivity contribution in [2.24, 2.45) is 0 Å². The predicted molar refractivity (Wildman–Crippen MR) is 93.6 cm³/mol. The zero-order valence-corrected chi connectivity index (χ0v) is 14.9. The lowest BCUT2D eigenvalue weighted by Gasteiger charge is -2.27. The second-order valence-corrected chi connectivity index (χ2v) is 8.06. The molecule has 4 nitrogen and oxygen atoms in total. The number of hydrogen-bond acceptors (Lipinski definition) is 3. The van der Waals surface area contributed by atoms with Crippen molar-refractivity contribution in [1.29, 1.82) is 0 Å². The van der Waals surface area contributed by atoms with Crippen molar-refractivity contribution in [1.82, 2.24) is 4.72 Å². The van der Waals surface area contributed by atoms with Crippen LogP contribution in [0.1, 0.15) is 18.1 Å². The van der Waals surface area contributed by atoms with Crippen LogP contribution in [0.25, 0.3) is 0 Å². The summed E-state index contributed by atoms with van der Waals surface area (Å²) in [5.41, 5.74) is 1.44. The topological polar surface area (TPSA) is 49.4 Å². The highest BCUT2D eigenvalue weighted by atomic mass is 32.2. The van der Waals surface area contributed by atoms with Crippen molar-refractivity contribution in [2.45, 2.75) is 30.5 Å². The highest BCUT2D eigenvalue weighted by Gasteiger charge is 2.31. The summed E-state index contributed by atoms with van der Waals surface area (Å²) >= 11 is 0. The molecule has 8 heteroatoms. The maximum Gasteiger partial charge on any atom is 0.416 e. The number of para-hydroxylation sites is 1. The van der Waals surface area contributed by atoms with E-state index in [1.165, 1.54) is 5.56 Å². The summed E-state index contributed by atoms with van der Waals surface area (Å²) < 4.78 is 65.0. The molecule has 3 rings (SSSR count). The van der Waals surface area contributed by atoms with Crippen LogP contribution >= 0.6 is 0 Å². The van der Waals surface area contributed by atoms with E-state index in [-0.39, 0.29) is 17.5 Å². The molecule has 0 amide bonds. The maximum atomic E-state index is 12.6. The number of benzene rings is 2. The minimum Gasteiger partial charge on any atom is -0.367 e. The smallest absolute Gasteiger partial charge is 0.367 e. The van der Waals surface area contributed by atoms with Crippen molar-refractivity contribution in [2.75, 3.05) is 18.0 Å². The first-order chi connectivity index (χ1) is 12.2. The van der Waals surface area contributed by atoms with Crippen LogP contribution in [0, 0.1) is 0 Å². The van der Waals surface area contributed by atoms with E-state index in [4.69, 9.17) is 0 Å². The van der Waals surface area contributed by atoms with Crippen molar-refractivity contribution in [3.63, 3.8) is 0 Å². The van der Waals surface area contributed by atoms with Gasteiger partial charge in [-0.25, -0.2) is 13.1 Å². The van der Waals surface area contributed by atoms with Crippen LogP contribution in [0.4, 0.5) is 18.9 Å². The van der Waals surface area contributed by atoms with Crippen molar-refractivity contribution in [3.05, 3.63) is 59.7 Å².